The number of hydrogen-bond acceptors (Lipinski definition) is 4. The number of rotatable bonds is 4. The van der Waals surface area contributed by atoms with Gasteiger partial charge in [-0.15, -0.1) is 6.58 Å². The summed E-state index contributed by atoms with van der Waals surface area (Å²) in [5.74, 6) is -0.108. The second-order valence-corrected chi connectivity index (χ2v) is 6.23. The van der Waals surface area contributed by atoms with E-state index in [1.165, 1.54) is 4.90 Å². The zero-order valence-electron chi connectivity index (χ0n) is 12.6. The molecule has 1 unspecified atom stereocenters. The van der Waals surface area contributed by atoms with Crippen molar-refractivity contribution in [3.05, 3.63) is 12.7 Å². The summed E-state index contributed by atoms with van der Waals surface area (Å²) >= 11 is 0. The van der Waals surface area contributed by atoms with E-state index in [9.17, 15) is 14.4 Å². The van der Waals surface area contributed by atoms with Crippen LogP contribution >= 0.6 is 0 Å². The highest BCUT2D eigenvalue weighted by Crippen LogP contribution is 2.40. The average Bonchev–Trinajstić information content (AvgIpc) is 2.53. The van der Waals surface area contributed by atoms with Crippen LogP contribution in [0, 0.1) is 5.41 Å². The fourth-order valence-corrected chi connectivity index (χ4v) is 2.58. The number of hydrogen-bond donors (Lipinski definition) is 0. The van der Waals surface area contributed by atoms with Crippen molar-refractivity contribution < 1.29 is 19.1 Å². The fourth-order valence-electron chi connectivity index (χ4n) is 2.58. The Bertz CT molecular complexity index is 412. The molecular weight excluding hydrogens is 258 g/mol. The number of Topliss-reactive ketones (excluding diaryl/α,β-unsaturated/α-hetero) is 1. The molecule has 1 aliphatic heterocycles. The van der Waals surface area contributed by atoms with Crippen LogP contribution < -0.4 is 0 Å². The minimum Gasteiger partial charge on any atom is -0.444 e. The van der Waals surface area contributed by atoms with Gasteiger partial charge in [-0.3, -0.25) is 9.69 Å². The van der Waals surface area contributed by atoms with Gasteiger partial charge in [0.2, 0.25) is 0 Å². The van der Waals surface area contributed by atoms with Crippen LogP contribution in [0.15, 0.2) is 12.7 Å². The van der Waals surface area contributed by atoms with E-state index in [0.717, 1.165) is 6.29 Å². The van der Waals surface area contributed by atoms with Gasteiger partial charge in [0.05, 0.1) is 12.0 Å². The molecule has 0 N–H and O–H groups in total. The molecular formula is C15H23NO4. The molecule has 0 bridgehead atoms. The first-order valence-electron chi connectivity index (χ1n) is 6.75. The fraction of sp³-hybridized carbons (Fsp3) is 0.667. The summed E-state index contributed by atoms with van der Waals surface area (Å²) in [5, 5.41) is 0. The molecule has 5 nitrogen and oxygen atoms in total. The highest BCUT2D eigenvalue weighted by molar-refractivity contribution is 5.95. The molecule has 0 aromatic rings. The third-order valence-electron chi connectivity index (χ3n) is 3.72. The Morgan fingerprint density at radius 1 is 1.50 bits per heavy atom. The van der Waals surface area contributed by atoms with E-state index in [1.807, 2.05) is 0 Å². The SMILES string of the molecule is C=CCC1(CC=O)C(=O)CN(C(=O)OC(C)(C)C)[C@@H]1C. The lowest BCUT2D eigenvalue weighted by atomic mass is 9.74. The molecule has 2 atom stereocenters. The molecule has 112 valence electrons. The lowest BCUT2D eigenvalue weighted by Gasteiger charge is -2.33. The van der Waals surface area contributed by atoms with Gasteiger partial charge in [0.15, 0.2) is 5.78 Å². The van der Waals surface area contributed by atoms with Crippen LogP contribution in [0.2, 0.25) is 0 Å². The second kappa shape index (κ2) is 5.77. The number of allylic oxidation sites excluding steroid dienone is 1. The number of nitrogens with zero attached hydrogens (tertiary/aromatic N) is 1. The number of aldehydes is 1. The van der Waals surface area contributed by atoms with Crippen LogP contribution in [0.4, 0.5) is 4.79 Å². The smallest absolute Gasteiger partial charge is 0.410 e. The van der Waals surface area contributed by atoms with Gasteiger partial charge in [0.25, 0.3) is 0 Å². The maximum atomic E-state index is 12.3. The van der Waals surface area contributed by atoms with Gasteiger partial charge in [0, 0.05) is 12.5 Å². The molecule has 1 rings (SSSR count). The topological polar surface area (TPSA) is 63.7 Å². The lowest BCUT2D eigenvalue weighted by molar-refractivity contribution is -0.127. The average molecular weight is 281 g/mol. The van der Waals surface area contributed by atoms with E-state index >= 15 is 0 Å². The van der Waals surface area contributed by atoms with E-state index in [-0.39, 0.29) is 24.8 Å². The van der Waals surface area contributed by atoms with E-state index in [0.29, 0.717) is 6.42 Å². The van der Waals surface area contributed by atoms with Crippen molar-refractivity contribution in [2.24, 2.45) is 5.41 Å². The minimum absolute atomic E-state index is 0.0161. The first kappa shape index (κ1) is 16.4. The highest BCUT2D eigenvalue weighted by atomic mass is 16.6. The van der Waals surface area contributed by atoms with E-state index in [2.05, 4.69) is 6.58 Å². The number of carbonyl (C=O) groups excluding carboxylic acids is 3. The van der Waals surface area contributed by atoms with Gasteiger partial charge in [-0.2, -0.15) is 0 Å². The van der Waals surface area contributed by atoms with E-state index < -0.39 is 17.1 Å². The molecule has 1 aliphatic rings. The van der Waals surface area contributed by atoms with E-state index in [4.69, 9.17) is 4.74 Å². The molecule has 1 amide bonds. The molecule has 0 aromatic carbocycles. The Hall–Kier alpha value is -1.65. The van der Waals surface area contributed by atoms with Crippen LogP contribution in [0.3, 0.4) is 0 Å². The Kier molecular flexibility index (Phi) is 4.73. The summed E-state index contributed by atoms with van der Waals surface area (Å²) in [6, 6.07) is -0.381. The molecule has 0 spiro atoms. The summed E-state index contributed by atoms with van der Waals surface area (Å²) in [7, 11) is 0. The van der Waals surface area contributed by atoms with Crippen LogP contribution in [-0.2, 0) is 14.3 Å². The number of ketones is 1. The molecule has 1 fully saturated rings. The van der Waals surface area contributed by atoms with Gasteiger partial charge >= 0.3 is 6.09 Å². The predicted molar refractivity (Wildman–Crippen MR) is 75.3 cm³/mol. The van der Waals surface area contributed by atoms with Gasteiger partial charge in [-0.25, -0.2) is 4.79 Å². The molecule has 5 heteroatoms. The third kappa shape index (κ3) is 3.08. The third-order valence-corrected chi connectivity index (χ3v) is 3.72. The standard InChI is InChI=1S/C15H23NO4/c1-6-7-15(8-9-17)11(2)16(10-12(15)18)13(19)20-14(3,4)5/h6,9,11H,1,7-8,10H2,2-5H3/t11-,15?/m1/s1. The van der Waals surface area contributed by atoms with Gasteiger partial charge in [0.1, 0.15) is 11.9 Å². The summed E-state index contributed by atoms with van der Waals surface area (Å²) in [4.78, 5) is 36.8. The van der Waals surface area contributed by atoms with Crippen LogP contribution in [0.25, 0.3) is 0 Å². The Labute approximate surface area is 120 Å². The highest BCUT2D eigenvalue weighted by Gasteiger charge is 2.52. The molecule has 0 radical (unpaired) electrons. The Morgan fingerprint density at radius 3 is 2.55 bits per heavy atom. The summed E-state index contributed by atoms with van der Waals surface area (Å²) in [5.41, 5.74) is -1.48. The summed E-state index contributed by atoms with van der Waals surface area (Å²) in [6.45, 7) is 10.7. The summed E-state index contributed by atoms with van der Waals surface area (Å²) < 4.78 is 5.31. The first-order chi connectivity index (χ1) is 9.18. The minimum atomic E-state index is -0.861. The number of ether oxygens (including phenoxy) is 1. The number of carbonyl (C=O) groups is 3. The zero-order valence-corrected chi connectivity index (χ0v) is 12.6. The van der Waals surface area contributed by atoms with Crippen molar-refractivity contribution in [3.63, 3.8) is 0 Å². The monoisotopic (exact) mass is 281 g/mol. The van der Waals surface area contributed by atoms with Crippen molar-refractivity contribution in [1.29, 1.82) is 0 Å². The zero-order chi connectivity index (χ0) is 15.6. The van der Waals surface area contributed by atoms with Crippen molar-refractivity contribution >= 4 is 18.2 Å². The first-order valence-corrected chi connectivity index (χ1v) is 6.75. The quantitative estimate of drug-likeness (QED) is 0.586. The molecule has 1 heterocycles. The predicted octanol–water partition coefficient (Wildman–Crippen LogP) is 2.35. The molecule has 0 aromatic heterocycles. The number of amides is 1. The largest absolute Gasteiger partial charge is 0.444 e. The molecule has 1 saturated heterocycles. The van der Waals surface area contributed by atoms with Crippen LogP contribution in [-0.4, -0.2) is 41.3 Å². The molecule has 0 aliphatic carbocycles. The van der Waals surface area contributed by atoms with Gasteiger partial charge in [-0.1, -0.05) is 6.08 Å². The van der Waals surface area contributed by atoms with E-state index in [1.54, 1.807) is 33.8 Å². The van der Waals surface area contributed by atoms with Crippen molar-refractivity contribution in [2.45, 2.75) is 52.2 Å². The Morgan fingerprint density at radius 2 is 2.10 bits per heavy atom. The van der Waals surface area contributed by atoms with Gasteiger partial charge < -0.3 is 9.53 Å². The van der Waals surface area contributed by atoms with Crippen LogP contribution in [0.5, 0.6) is 0 Å². The normalized spacial score (nSPS) is 26.5. The molecule has 0 saturated carbocycles. The maximum absolute atomic E-state index is 12.3. The molecule has 20 heavy (non-hydrogen) atoms. The Balaban J connectivity index is 3.00. The lowest BCUT2D eigenvalue weighted by Crippen LogP contribution is -2.43. The van der Waals surface area contributed by atoms with Crippen LogP contribution in [0.1, 0.15) is 40.5 Å². The summed E-state index contributed by atoms with van der Waals surface area (Å²) in [6.07, 6.45) is 2.31. The van der Waals surface area contributed by atoms with Crippen molar-refractivity contribution in [1.82, 2.24) is 4.90 Å². The number of likely N-dealkylation sites (tertiary alicyclic amines) is 1. The van der Waals surface area contributed by atoms with Gasteiger partial charge in [-0.05, 0) is 34.1 Å². The van der Waals surface area contributed by atoms with Crippen molar-refractivity contribution in [2.75, 3.05) is 6.54 Å². The second-order valence-electron chi connectivity index (χ2n) is 6.23. The van der Waals surface area contributed by atoms with Crippen molar-refractivity contribution in [3.8, 4) is 0 Å². The maximum Gasteiger partial charge on any atom is 0.410 e.